The predicted molar refractivity (Wildman–Crippen MR) is 65.6 cm³/mol. The van der Waals surface area contributed by atoms with E-state index in [0.717, 1.165) is 18.2 Å². The van der Waals surface area contributed by atoms with Gasteiger partial charge in [-0.3, -0.25) is 0 Å². The van der Waals surface area contributed by atoms with E-state index in [1.54, 1.807) is 0 Å². The van der Waals surface area contributed by atoms with Gasteiger partial charge in [0.05, 0.1) is 0 Å². The van der Waals surface area contributed by atoms with E-state index in [1.807, 2.05) is 0 Å². The average molecular weight is 250 g/mol. The zero-order chi connectivity index (χ0) is 10.6. The smallest absolute Gasteiger partial charge is 0.0267 e. The lowest BCUT2D eigenvalue weighted by molar-refractivity contribution is 0.563. The van der Waals surface area contributed by atoms with Gasteiger partial charge in [-0.15, -0.1) is 0 Å². The van der Waals surface area contributed by atoms with Crippen molar-refractivity contribution in [1.82, 2.24) is 0 Å². The Hall–Kier alpha value is 0.480. The molecule has 0 rings (SSSR count). The second-order valence-corrected chi connectivity index (χ2v) is 4.47. The van der Waals surface area contributed by atoms with Crippen molar-refractivity contribution in [2.75, 3.05) is 5.33 Å². The molecule has 0 aliphatic rings. The molecule has 0 aliphatic carbocycles. The molecule has 0 heterocycles. The van der Waals surface area contributed by atoms with Crippen LogP contribution in [0.15, 0.2) is 0 Å². The van der Waals surface area contributed by atoms with Crippen LogP contribution in [-0.2, 0) is 0 Å². The molecule has 1 atom stereocenters. The molecule has 0 saturated carbocycles. The van der Waals surface area contributed by atoms with Gasteiger partial charge in [0.25, 0.3) is 0 Å². The maximum absolute atomic E-state index is 7.78. The van der Waals surface area contributed by atoms with E-state index in [4.69, 9.17) is 1.37 Å². The zero-order valence-electron chi connectivity index (χ0n) is 10.0. The van der Waals surface area contributed by atoms with Gasteiger partial charge in [-0.25, -0.2) is 0 Å². The first-order valence-electron chi connectivity index (χ1n) is 6.37. The highest BCUT2D eigenvalue weighted by molar-refractivity contribution is 9.09. The minimum Gasteiger partial charge on any atom is -0.0928 e. The standard InChI is InChI=1S/C12H25Br/c1-2-3-4-5-6-7-8-9-10-11-12-13/h2-12H2,1H3/i5D. The Morgan fingerprint density at radius 1 is 0.846 bits per heavy atom. The topological polar surface area (TPSA) is 0 Å². The first-order valence-corrected chi connectivity index (χ1v) is 6.91. The number of hydrogen-bond donors (Lipinski definition) is 0. The molecule has 0 amide bonds. The molecule has 0 N–H and O–H groups in total. The summed E-state index contributed by atoms with van der Waals surface area (Å²) in [6.07, 6.45) is 11.5. The minimum atomic E-state index is 0.214. The van der Waals surface area contributed by atoms with Gasteiger partial charge in [-0.2, -0.15) is 0 Å². The molecule has 13 heavy (non-hydrogen) atoms. The van der Waals surface area contributed by atoms with Crippen LogP contribution in [0.4, 0.5) is 0 Å². The van der Waals surface area contributed by atoms with Crippen LogP contribution < -0.4 is 0 Å². The van der Waals surface area contributed by atoms with Crippen molar-refractivity contribution in [3.8, 4) is 0 Å². The van der Waals surface area contributed by atoms with Crippen molar-refractivity contribution in [3.05, 3.63) is 0 Å². The van der Waals surface area contributed by atoms with Gasteiger partial charge in [0.1, 0.15) is 0 Å². The second kappa shape index (κ2) is 12.5. The third kappa shape index (κ3) is 12.5. The van der Waals surface area contributed by atoms with Crippen LogP contribution >= 0.6 is 15.9 Å². The van der Waals surface area contributed by atoms with E-state index < -0.39 is 0 Å². The van der Waals surface area contributed by atoms with Crippen molar-refractivity contribution in [2.24, 2.45) is 0 Å². The summed E-state index contributed by atoms with van der Waals surface area (Å²) in [6, 6.07) is 0. The third-order valence-corrected chi connectivity index (χ3v) is 2.86. The molecule has 0 fully saturated rings. The SMILES string of the molecule is [2H]C(CCCC)CCCCCCCBr. The maximum atomic E-state index is 7.78. The van der Waals surface area contributed by atoms with Gasteiger partial charge in [0.2, 0.25) is 0 Å². The fourth-order valence-corrected chi connectivity index (χ4v) is 1.80. The molecule has 0 spiro atoms. The fraction of sp³-hybridized carbons (Fsp3) is 1.00. The van der Waals surface area contributed by atoms with Crippen molar-refractivity contribution >= 4 is 15.9 Å². The number of hydrogen-bond acceptors (Lipinski definition) is 0. The van der Waals surface area contributed by atoms with Crippen LogP contribution in [0.2, 0.25) is 0 Å². The van der Waals surface area contributed by atoms with Crippen LogP contribution in [0.25, 0.3) is 0 Å². The van der Waals surface area contributed by atoms with Gasteiger partial charge in [0.15, 0.2) is 0 Å². The van der Waals surface area contributed by atoms with E-state index in [0.29, 0.717) is 0 Å². The summed E-state index contributed by atoms with van der Waals surface area (Å²) in [4.78, 5) is 0. The van der Waals surface area contributed by atoms with Crippen LogP contribution in [0.5, 0.6) is 0 Å². The summed E-state index contributed by atoms with van der Waals surface area (Å²) in [5, 5.41) is 1.14. The van der Waals surface area contributed by atoms with Gasteiger partial charge in [0, 0.05) is 6.70 Å². The molecule has 0 aromatic heterocycles. The highest BCUT2D eigenvalue weighted by Gasteiger charge is 1.91. The number of rotatable bonds is 10. The molecular weight excluding hydrogens is 224 g/mol. The average Bonchev–Trinajstić information content (AvgIpc) is 2.20. The van der Waals surface area contributed by atoms with E-state index in [2.05, 4.69) is 22.9 Å². The summed E-state index contributed by atoms with van der Waals surface area (Å²) in [6.45, 7) is 2.20. The highest BCUT2D eigenvalue weighted by atomic mass is 79.9. The first-order chi connectivity index (χ1) is 6.81. The largest absolute Gasteiger partial charge is 0.0928 e. The number of halogens is 1. The van der Waals surface area contributed by atoms with Crippen LogP contribution in [-0.4, -0.2) is 5.33 Å². The molecule has 1 heteroatoms. The van der Waals surface area contributed by atoms with Crippen LogP contribution in [0.3, 0.4) is 0 Å². The van der Waals surface area contributed by atoms with Gasteiger partial charge in [-0.1, -0.05) is 80.6 Å². The first kappa shape index (κ1) is 11.6. The Morgan fingerprint density at radius 3 is 2.00 bits per heavy atom. The number of alkyl halides is 1. The highest BCUT2D eigenvalue weighted by Crippen LogP contribution is 2.10. The van der Waals surface area contributed by atoms with Gasteiger partial charge < -0.3 is 0 Å². The van der Waals surface area contributed by atoms with Crippen LogP contribution in [0.1, 0.15) is 72.5 Å². The normalized spacial score (nSPS) is 14.2. The molecular formula is C12H25Br. The van der Waals surface area contributed by atoms with Crippen molar-refractivity contribution in [2.45, 2.75) is 71.1 Å². The molecule has 1 unspecified atom stereocenters. The molecule has 0 saturated heterocycles. The Bertz CT molecular complexity index is 106. The summed E-state index contributed by atoms with van der Waals surface area (Å²) in [5.74, 6) is 0. The van der Waals surface area contributed by atoms with E-state index in [-0.39, 0.29) is 6.40 Å². The molecule has 0 aromatic rings. The molecule has 0 bridgehead atoms. The Balaban J connectivity index is 3.02. The lowest BCUT2D eigenvalue weighted by Gasteiger charge is -2.00. The lowest BCUT2D eigenvalue weighted by Crippen LogP contribution is -1.81. The number of unbranched alkanes of at least 4 members (excludes halogenated alkanes) is 5. The quantitative estimate of drug-likeness (QED) is 0.364. The van der Waals surface area contributed by atoms with Crippen molar-refractivity contribution in [1.29, 1.82) is 0 Å². The van der Waals surface area contributed by atoms with Gasteiger partial charge in [-0.05, 0) is 6.42 Å². The minimum absolute atomic E-state index is 0.214. The van der Waals surface area contributed by atoms with E-state index in [1.165, 1.54) is 44.9 Å². The zero-order valence-corrected chi connectivity index (χ0v) is 10.6. The molecule has 0 radical (unpaired) electrons. The second-order valence-electron chi connectivity index (χ2n) is 3.68. The van der Waals surface area contributed by atoms with Gasteiger partial charge >= 0.3 is 0 Å². The molecule has 0 nitrogen and oxygen atoms in total. The van der Waals surface area contributed by atoms with E-state index in [9.17, 15) is 0 Å². The summed E-state index contributed by atoms with van der Waals surface area (Å²) in [5.41, 5.74) is 0. The lowest BCUT2D eigenvalue weighted by atomic mass is 10.1. The fourth-order valence-electron chi connectivity index (χ4n) is 1.41. The van der Waals surface area contributed by atoms with Crippen LogP contribution in [0, 0.1) is 0 Å². The Labute approximate surface area is 94.0 Å². The van der Waals surface area contributed by atoms with Crippen molar-refractivity contribution < 1.29 is 1.37 Å². The maximum Gasteiger partial charge on any atom is 0.0267 e. The Kier molecular flexibility index (Phi) is 11.1. The summed E-state index contributed by atoms with van der Waals surface area (Å²) >= 11 is 3.44. The van der Waals surface area contributed by atoms with E-state index >= 15 is 0 Å². The molecule has 80 valence electrons. The molecule has 0 aromatic carbocycles. The molecule has 0 aliphatic heterocycles. The van der Waals surface area contributed by atoms with Crippen molar-refractivity contribution in [3.63, 3.8) is 0 Å². The third-order valence-electron chi connectivity index (χ3n) is 2.30. The Morgan fingerprint density at radius 2 is 1.38 bits per heavy atom. The predicted octanol–water partition coefficient (Wildman–Crippen LogP) is 5.30. The monoisotopic (exact) mass is 249 g/mol. The summed E-state index contributed by atoms with van der Waals surface area (Å²) in [7, 11) is 0. The summed E-state index contributed by atoms with van der Waals surface area (Å²) < 4.78 is 7.78.